The summed E-state index contributed by atoms with van der Waals surface area (Å²) in [4.78, 5) is 7.35. The summed E-state index contributed by atoms with van der Waals surface area (Å²) in [7, 11) is -3.41. The third-order valence-corrected chi connectivity index (χ3v) is 4.50. The Hall–Kier alpha value is -2.68. The molecular weight excluding hydrogens is 367 g/mol. The van der Waals surface area contributed by atoms with E-state index in [4.69, 9.17) is 0 Å². The monoisotopic (exact) mass is 383 g/mol. The van der Waals surface area contributed by atoms with Gasteiger partial charge in [-0.15, -0.1) is 0 Å². The first-order chi connectivity index (χ1) is 12.1. The Morgan fingerprint density at radius 3 is 2.35 bits per heavy atom. The second kappa shape index (κ2) is 7.28. The van der Waals surface area contributed by atoms with Gasteiger partial charge in [-0.2, -0.15) is 13.2 Å². The van der Waals surface area contributed by atoms with E-state index in [0.29, 0.717) is 11.3 Å². The second-order valence-electron chi connectivity index (χ2n) is 5.35. The summed E-state index contributed by atoms with van der Waals surface area (Å²) in [5, 5.41) is 0. The first-order valence-corrected chi connectivity index (χ1v) is 9.23. The number of benzene rings is 1. The minimum Gasteiger partial charge on any atom is -0.299 e. The normalized spacial score (nSPS) is 13.3. The molecule has 0 N–H and O–H groups in total. The molecule has 1 heterocycles. The maximum absolute atomic E-state index is 13.1. The summed E-state index contributed by atoms with van der Waals surface area (Å²) in [5.41, 5.74) is -0.417. The number of rotatable bonds is 5. The van der Waals surface area contributed by atoms with Crippen LogP contribution < -0.4 is 0 Å². The highest BCUT2D eigenvalue weighted by Gasteiger charge is 2.35. The molecule has 0 fully saturated rings. The molecule has 138 valence electrons. The minimum absolute atomic E-state index is 0.00920. The highest BCUT2D eigenvalue weighted by Crippen LogP contribution is 2.31. The quantitative estimate of drug-likeness (QED) is 0.581. The first kappa shape index (κ1) is 19.6. The average Bonchev–Trinajstić information content (AvgIpc) is 2.99. The molecule has 0 radical (unpaired) electrons. The molecule has 0 aliphatic carbocycles. The van der Waals surface area contributed by atoms with Gasteiger partial charge < -0.3 is 0 Å². The fourth-order valence-corrected chi connectivity index (χ4v) is 2.85. The summed E-state index contributed by atoms with van der Waals surface area (Å²) in [6, 6.07) is 5.48. The Balaban J connectivity index is 2.68. The third kappa shape index (κ3) is 4.29. The molecule has 0 saturated carbocycles. The minimum atomic E-state index is -4.63. The Morgan fingerprint density at radius 2 is 1.88 bits per heavy atom. The number of aliphatic imine (C=N–C) groups is 1. The van der Waals surface area contributed by atoms with E-state index in [1.165, 1.54) is 35.0 Å². The number of nitrogens with zero attached hydrogens (tertiary/aromatic N) is 3. The van der Waals surface area contributed by atoms with Crippen molar-refractivity contribution in [3.05, 3.63) is 60.3 Å². The van der Waals surface area contributed by atoms with Crippen LogP contribution in [0.25, 0.3) is 11.3 Å². The summed E-state index contributed by atoms with van der Waals surface area (Å²) in [6.45, 7) is 5.02. The van der Waals surface area contributed by atoms with Crippen LogP contribution in [-0.2, 0) is 16.0 Å². The van der Waals surface area contributed by atoms with Gasteiger partial charge in [0.2, 0.25) is 0 Å². The Bertz CT molecular complexity index is 970. The third-order valence-electron chi connectivity index (χ3n) is 3.37. The zero-order chi connectivity index (χ0) is 19.5. The van der Waals surface area contributed by atoms with Crippen molar-refractivity contribution in [1.29, 1.82) is 0 Å². The Labute approximate surface area is 149 Å². The highest BCUT2D eigenvalue weighted by molar-refractivity contribution is 7.90. The van der Waals surface area contributed by atoms with Crippen LogP contribution in [0.5, 0.6) is 0 Å². The van der Waals surface area contributed by atoms with Crippen molar-refractivity contribution < 1.29 is 21.6 Å². The standard InChI is InChI=1S/C17H16F3N3O2S/c1-4-5-12(10-21-2)16-22-15(17(18,19)20)11-23(16)13-6-8-14(9-7-13)26(3,24)25/h4-11H,2H2,1,3H3/b5-4-,12-10+. The van der Waals surface area contributed by atoms with Crippen LogP contribution in [0, 0.1) is 0 Å². The molecule has 2 rings (SSSR count). The molecule has 0 spiro atoms. The van der Waals surface area contributed by atoms with Gasteiger partial charge in [-0.25, -0.2) is 13.4 Å². The van der Waals surface area contributed by atoms with Gasteiger partial charge in [0.15, 0.2) is 15.5 Å². The highest BCUT2D eigenvalue weighted by atomic mass is 32.2. The topological polar surface area (TPSA) is 64.3 Å². The van der Waals surface area contributed by atoms with Crippen LogP contribution >= 0.6 is 0 Å². The number of imidazole rings is 1. The van der Waals surface area contributed by atoms with E-state index >= 15 is 0 Å². The fourth-order valence-electron chi connectivity index (χ4n) is 2.22. The first-order valence-electron chi connectivity index (χ1n) is 7.34. The Morgan fingerprint density at radius 1 is 1.27 bits per heavy atom. The molecule has 0 aliphatic heterocycles. The average molecular weight is 383 g/mol. The lowest BCUT2D eigenvalue weighted by atomic mass is 10.2. The number of aromatic nitrogens is 2. The molecule has 1 aromatic heterocycles. The predicted octanol–water partition coefficient (Wildman–Crippen LogP) is 3.91. The van der Waals surface area contributed by atoms with E-state index in [1.807, 2.05) is 0 Å². The lowest BCUT2D eigenvalue weighted by Crippen LogP contribution is -2.05. The number of halogens is 3. The molecular formula is C17H16F3N3O2S. The van der Waals surface area contributed by atoms with Crippen molar-refractivity contribution in [3.8, 4) is 5.69 Å². The van der Waals surface area contributed by atoms with Gasteiger partial charge in [0.1, 0.15) is 5.82 Å². The molecule has 0 bridgehead atoms. The molecule has 0 aliphatic rings. The summed E-state index contributed by atoms with van der Waals surface area (Å²) in [5.74, 6) is 0.00920. The van der Waals surface area contributed by atoms with Gasteiger partial charge in [-0.1, -0.05) is 12.2 Å². The van der Waals surface area contributed by atoms with Crippen LogP contribution in [0.15, 0.2) is 58.7 Å². The molecule has 0 atom stereocenters. The van der Waals surface area contributed by atoms with Crippen LogP contribution in [-0.4, -0.2) is 30.9 Å². The number of hydrogen-bond donors (Lipinski definition) is 0. The maximum Gasteiger partial charge on any atom is 0.434 e. The zero-order valence-corrected chi connectivity index (χ0v) is 14.8. The van der Waals surface area contributed by atoms with Gasteiger partial charge >= 0.3 is 6.18 Å². The lowest BCUT2D eigenvalue weighted by Gasteiger charge is -2.09. The molecule has 2 aromatic rings. The van der Waals surface area contributed by atoms with Crippen molar-refractivity contribution in [2.24, 2.45) is 4.99 Å². The largest absolute Gasteiger partial charge is 0.434 e. The van der Waals surface area contributed by atoms with E-state index in [2.05, 4.69) is 16.7 Å². The van der Waals surface area contributed by atoms with Crippen molar-refractivity contribution in [2.45, 2.75) is 18.0 Å². The molecule has 0 saturated heterocycles. The van der Waals surface area contributed by atoms with Gasteiger partial charge in [-0.3, -0.25) is 9.56 Å². The Kier molecular flexibility index (Phi) is 5.50. The van der Waals surface area contributed by atoms with E-state index in [1.54, 1.807) is 19.1 Å². The smallest absolute Gasteiger partial charge is 0.299 e. The summed E-state index contributed by atoms with van der Waals surface area (Å²) in [6.07, 6.45) is 1.76. The van der Waals surface area contributed by atoms with Crippen molar-refractivity contribution in [1.82, 2.24) is 9.55 Å². The van der Waals surface area contributed by atoms with Gasteiger partial charge in [-0.05, 0) is 37.9 Å². The molecule has 1 aromatic carbocycles. The number of allylic oxidation sites excluding steroid dienone is 3. The van der Waals surface area contributed by atoms with Crippen LogP contribution in [0.2, 0.25) is 0 Å². The van der Waals surface area contributed by atoms with Crippen molar-refractivity contribution in [2.75, 3.05) is 6.26 Å². The van der Waals surface area contributed by atoms with Crippen molar-refractivity contribution >= 4 is 22.1 Å². The molecule has 0 amide bonds. The number of alkyl halides is 3. The van der Waals surface area contributed by atoms with Crippen LogP contribution in [0.1, 0.15) is 18.4 Å². The van der Waals surface area contributed by atoms with Gasteiger partial charge in [0.05, 0.1) is 4.90 Å². The van der Waals surface area contributed by atoms with E-state index < -0.39 is 21.7 Å². The summed E-state index contributed by atoms with van der Waals surface area (Å²) < 4.78 is 63.7. The number of hydrogen-bond acceptors (Lipinski definition) is 4. The fraction of sp³-hybridized carbons (Fsp3) is 0.176. The SMILES string of the molecule is C=N/C=C(\C=C/C)c1nc(C(F)(F)F)cn1-c1ccc(S(C)(=O)=O)cc1. The molecule has 26 heavy (non-hydrogen) atoms. The van der Waals surface area contributed by atoms with E-state index in [-0.39, 0.29) is 10.7 Å². The van der Waals surface area contributed by atoms with Crippen molar-refractivity contribution in [3.63, 3.8) is 0 Å². The maximum atomic E-state index is 13.1. The molecule has 0 unspecified atom stereocenters. The van der Waals surface area contributed by atoms with Crippen LogP contribution in [0.4, 0.5) is 13.2 Å². The van der Waals surface area contributed by atoms with Crippen LogP contribution in [0.3, 0.4) is 0 Å². The van der Waals surface area contributed by atoms with Gasteiger partial charge in [0, 0.05) is 29.9 Å². The zero-order valence-electron chi connectivity index (χ0n) is 14.0. The molecule has 5 nitrogen and oxygen atoms in total. The van der Waals surface area contributed by atoms with E-state index in [9.17, 15) is 21.6 Å². The lowest BCUT2D eigenvalue weighted by molar-refractivity contribution is -0.140. The predicted molar refractivity (Wildman–Crippen MR) is 94.0 cm³/mol. The van der Waals surface area contributed by atoms with Gasteiger partial charge in [0.25, 0.3) is 0 Å². The number of sulfone groups is 1. The molecule has 9 heteroatoms. The second-order valence-corrected chi connectivity index (χ2v) is 7.37. The summed E-state index contributed by atoms with van der Waals surface area (Å²) >= 11 is 0. The van der Waals surface area contributed by atoms with E-state index in [0.717, 1.165) is 12.5 Å².